The van der Waals surface area contributed by atoms with Crippen molar-refractivity contribution in [1.29, 1.82) is 0 Å². The Morgan fingerprint density at radius 1 is 1.09 bits per heavy atom. The minimum atomic E-state index is 0.612. The predicted octanol–water partition coefficient (Wildman–Crippen LogP) is 3.17. The quantitative estimate of drug-likeness (QED) is 0.851. The van der Waals surface area contributed by atoms with Crippen molar-refractivity contribution in [3.05, 3.63) is 30.1 Å². The second-order valence-corrected chi connectivity index (χ2v) is 7.92. The molecule has 22 heavy (non-hydrogen) atoms. The number of hydrogen-bond acceptors (Lipinski definition) is 3. The summed E-state index contributed by atoms with van der Waals surface area (Å²) in [7, 11) is 0. The molecule has 1 aromatic rings. The third kappa shape index (κ3) is 3.52. The molecule has 0 unspecified atom stereocenters. The number of piperidine rings is 2. The Hall–Kier alpha value is -0.930. The molecule has 0 amide bonds. The summed E-state index contributed by atoms with van der Waals surface area (Å²) in [6, 6.07) is 4.28. The Labute approximate surface area is 134 Å². The van der Waals surface area contributed by atoms with Crippen molar-refractivity contribution >= 4 is 0 Å². The topological polar surface area (TPSA) is 19.4 Å². The van der Waals surface area contributed by atoms with Gasteiger partial charge in [0.05, 0.1) is 0 Å². The van der Waals surface area contributed by atoms with Gasteiger partial charge >= 0.3 is 0 Å². The fourth-order valence-corrected chi connectivity index (χ4v) is 4.48. The molecule has 0 N–H and O–H groups in total. The lowest BCUT2D eigenvalue weighted by Crippen LogP contribution is -2.49. The molecule has 1 aromatic heterocycles. The molecule has 3 aliphatic rings. The molecule has 0 atom stereocenters. The highest BCUT2D eigenvalue weighted by atomic mass is 15.2. The first-order valence-corrected chi connectivity index (χ1v) is 9.15. The van der Waals surface area contributed by atoms with Gasteiger partial charge in [-0.15, -0.1) is 0 Å². The van der Waals surface area contributed by atoms with Crippen LogP contribution in [0.25, 0.3) is 0 Å². The minimum absolute atomic E-state index is 0.612. The fourth-order valence-electron chi connectivity index (χ4n) is 4.48. The van der Waals surface area contributed by atoms with Crippen LogP contribution in [-0.4, -0.2) is 47.5 Å². The lowest BCUT2D eigenvalue weighted by atomic mass is 9.72. The SMILES string of the molecule is c1cncc(CN2CCCC3(CCN(CC4CC4)CC3)C2)c1. The molecule has 1 spiro atoms. The molecule has 0 aromatic carbocycles. The zero-order valence-electron chi connectivity index (χ0n) is 13.7. The molecule has 4 rings (SSSR count). The van der Waals surface area contributed by atoms with E-state index in [-0.39, 0.29) is 0 Å². The number of likely N-dealkylation sites (tertiary alicyclic amines) is 2. The van der Waals surface area contributed by atoms with Gasteiger partial charge in [-0.3, -0.25) is 9.88 Å². The second-order valence-electron chi connectivity index (χ2n) is 7.92. The highest BCUT2D eigenvalue weighted by Crippen LogP contribution is 2.41. The molecule has 2 aliphatic heterocycles. The molecule has 2 saturated heterocycles. The van der Waals surface area contributed by atoms with Crippen LogP contribution in [0.4, 0.5) is 0 Å². The van der Waals surface area contributed by atoms with Crippen molar-refractivity contribution in [2.45, 2.75) is 45.1 Å². The van der Waals surface area contributed by atoms with E-state index in [1.165, 1.54) is 76.8 Å². The lowest BCUT2D eigenvalue weighted by Gasteiger charge is -2.48. The van der Waals surface area contributed by atoms with Gasteiger partial charge in [0.25, 0.3) is 0 Å². The van der Waals surface area contributed by atoms with Crippen molar-refractivity contribution in [2.75, 3.05) is 32.7 Å². The van der Waals surface area contributed by atoms with Crippen molar-refractivity contribution in [2.24, 2.45) is 11.3 Å². The fraction of sp³-hybridized carbons (Fsp3) is 0.737. The van der Waals surface area contributed by atoms with Crippen LogP contribution in [0.3, 0.4) is 0 Å². The molecule has 120 valence electrons. The van der Waals surface area contributed by atoms with Gasteiger partial charge < -0.3 is 4.90 Å². The number of nitrogens with zero attached hydrogens (tertiary/aromatic N) is 3. The molecule has 0 bridgehead atoms. The lowest BCUT2D eigenvalue weighted by molar-refractivity contribution is 0.0195. The van der Waals surface area contributed by atoms with E-state index in [1.807, 2.05) is 12.4 Å². The Balaban J connectivity index is 1.32. The third-order valence-corrected chi connectivity index (χ3v) is 6.00. The van der Waals surface area contributed by atoms with Gasteiger partial charge in [0.15, 0.2) is 0 Å². The molecular formula is C19H29N3. The second kappa shape index (κ2) is 6.29. The first kappa shape index (κ1) is 14.6. The smallest absolute Gasteiger partial charge is 0.0312 e. The van der Waals surface area contributed by atoms with Crippen LogP contribution in [0.5, 0.6) is 0 Å². The van der Waals surface area contributed by atoms with E-state index in [0.29, 0.717) is 5.41 Å². The summed E-state index contributed by atoms with van der Waals surface area (Å²) in [5, 5.41) is 0. The van der Waals surface area contributed by atoms with Gasteiger partial charge in [0, 0.05) is 32.0 Å². The maximum Gasteiger partial charge on any atom is 0.0312 e. The summed E-state index contributed by atoms with van der Waals surface area (Å²) in [5.74, 6) is 1.04. The summed E-state index contributed by atoms with van der Waals surface area (Å²) in [4.78, 5) is 9.68. The maximum absolute atomic E-state index is 4.26. The Bertz CT molecular complexity index is 475. The van der Waals surface area contributed by atoms with Crippen LogP contribution < -0.4 is 0 Å². The molecule has 1 saturated carbocycles. The van der Waals surface area contributed by atoms with E-state index in [2.05, 4.69) is 26.9 Å². The first-order valence-electron chi connectivity index (χ1n) is 9.15. The molecule has 3 nitrogen and oxygen atoms in total. The zero-order valence-corrected chi connectivity index (χ0v) is 13.7. The predicted molar refractivity (Wildman–Crippen MR) is 89.6 cm³/mol. The van der Waals surface area contributed by atoms with Gasteiger partial charge in [0.2, 0.25) is 0 Å². The third-order valence-electron chi connectivity index (χ3n) is 6.00. The molecule has 0 radical (unpaired) electrons. The Kier molecular flexibility index (Phi) is 4.19. The highest BCUT2D eigenvalue weighted by molar-refractivity contribution is 5.08. The van der Waals surface area contributed by atoms with E-state index in [1.54, 1.807) is 0 Å². The minimum Gasteiger partial charge on any atom is -0.303 e. The average molecular weight is 299 g/mol. The van der Waals surface area contributed by atoms with Crippen molar-refractivity contribution in [3.63, 3.8) is 0 Å². The van der Waals surface area contributed by atoms with Gasteiger partial charge in [-0.05, 0) is 81.1 Å². The maximum atomic E-state index is 4.26. The monoisotopic (exact) mass is 299 g/mol. The van der Waals surface area contributed by atoms with Crippen LogP contribution in [0, 0.1) is 11.3 Å². The van der Waals surface area contributed by atoms with Gasteiger partial charge in [0.1, 0.15) is 0 Å². The van der Waals surface area contributed by atoms with Crippen LogP contribution >= 0.6 is 0 Å². The Morgan fingerprint density at radius 2 is 1.95 bits per heavy atom. The number of aromatic nitrogens is 1. The van der Waals surface area contributed by atoms with Gasteiger partial charge in [-0.1, -0.05) is 6.07 Å². The van der Waals surface area contributed by atoms with E-state index in [9.17, 15) is 0 Å². The van der Waals surface area contributed by atoms with Crippen molar-refractivity contribution < 1.29 is 0 Å². The summed E-state index contributed by atoms with van der Waals surface area (Å²) in [5.41, 5.74) is 1.98. The standard InChI is InChI=1S/C19H29N3/c1-3-18(13-20-9-1)15-22-10-2-6-19(16-22)7-11-21(12-8-19)14-17-4-5-17/h1,3,9,13,17H,2,4-8,10-12,14-16H2. The summed E-state index contributed by atoms with van der Waals surface area (Å²) < 4.78 is 0. The Morgan fingerprint density at radius 3 is 2.68 bits per heavy atom. The summed E-state index contributed by atoms with van der Waals surface area (Å²) >= 11 is 0. The van der Waals surface area contributed by atoms with Crippen molar-refractivity contribution in [3.8, 4) is 0 Å². The molecule has 3 heterocycles. The van der Waals surface area contributed by atoms with Crippen LogP contribution in [0.15, 0.2) is 24.5 Å². The van der Waals surface area contributed by atoms with E-state index in [0.717, 1.165) is 12.5 Å². The number of hydrogen-bond donors (Lipinski definition) is 0. The van der Waals surface area contributed by atoms with Crippen LogP contribution in [-0.2, 0) is 6.54 Å². The molecule has 1 aliphatic carbocycles. The molecular weight excluding hydrogens is 270 g/mol. The van der Waals surface area contributed by atoms with E-state index in [4.69, 9.17) is 0 Å². The van der Waals surface area contributed by atoms with Crippen LogP contribution in [0.2, 0.25) is 0 Å². The molecule has 3 heteroatoms. The van der Waals surface area contributed by atoms with E-state index < -0.39 is 0 Å². The average Bonchev–Trinajstić information content (AvgIpc) is 3.35. The summed E-state index contributed by atoms with van der Waals surface area (Å²) in [6.45, 7) is 7.73. The number of rotatable bonds is 4. The van der Waals surface area contributed by atoms with Gasteiger partial charge in [-0.25, -0.2) is 0 Å². The van der Waals surface area contributed by atoms with Crippen molar-refractivity contribution in [1.82, 2.24) is 14.8 Å². The normalized spacial score (nSPS) is 26.4. The largest absolute Gasteiger partial charge is 0.303 e. The molecule has 3 fully saturated rings. The highest BCUT2D eigenvalue weighted by Gasteiger charge is 2.39. The van der Waals surface area contributed by atoms with Gasteiger partial charge in [-0.2, -0.15) is 0 Å². The summed E-state index contributed by atoms with van der Waals surface area (Å²) in [6.07, 6.45) is 12.5. The van der Waals surface area contributed by atoms with E-state index >= 15 is 0 Å². The first-order chi connectivity index (χ1) is 10.8. The zero-order chi connectivity index (χ0) is 14.8. The number of pyridine rings is 1. The van der Waals surface area contributed by atoms with Crippen LogP contribution in [0.1, 0.15) is 44.1 Å².